The Morgan fingerprint density at radius 3 is 2.08 bits per heavy atom. The number of carbonyl (C=O) groups is 3. The van der Waals surface area contributed by atoms with Gasteiger partial charge in [-0.25, -0.2) is 0 Å². The first kappa shape index (κ1) is 55.9. The summed E-state index contributed by atoms with van der Waals surface area (Å²) >= 11 is 0. The molecule has 0 radical (unpaired) electrons. The van der Waals surface area contributed by atoms with E-state index in [1.807, 2.05) is 50.3 Å². The van der Waals surface area contributed by atoms with Crippen molar-refractivity contribution >= 4 is 34.7 Å². The zero-order valence-electron chi connectivity index (χ0n) is 38.8. The molecule has 1 unspecified atom stereocenters. The normalized spacial score (nSPS) is 13.6. The molecule has 1 aliphatic rings. The molecule has 2 aromatic rings. The summed E-state index contributed by atoms with van der Waals surface area (Å²) in [6.07, 6.45) is 24.7. The number of aliphatic imine (C=N–C) groups is 1. The van der Waals surface area contributed by atoms with Gasteiger partial charge in [0.1, 0.15) is 11.6 Å². The lowest BCUT2D eigenvalue weighted by Gasteiger charge is -2.20. The Bertz CT molecular complexity index is 1690. The number of anilines is 1. The van der Waals surface area contributed by atoms with E-state index in [2.05, 4.69) is 72.6 Å². The van der Waals surface area contributed by atoms with Crippen LogP contribution in [-0.4, -0.2) is 73.2 Å². The Kier molecular flexibility index (Phi) is 31.6. The molecular formula is C51H80N6O4. The zero-order valence-corrected chi connectivity index (χ0v) is 38.8. The monoisotopic (exact) mass is 841 g/mol. The van der Waals surface area contributed by atoms with Crippen LogP contribution in [0.4, 0.5) is 5.69 Å². The summed E-state index contributed by atoms with van der Waals surface area (Å²) in [5, 5.41) is 18.8. The SMILES string of the molecule is C#C.C=C(C)c1ccc(NCCCCCCCCCCC(=O)NCCN(CCC)CCC)cc1C(C)=O.C=C1NC(=O)CCC1C.CN=C(N)/C(C)=C\Cc1ccccc1O. The molecule has 0 aromatic heterocycles. The third-order valence-electron chi connectivity index (χ3n) is 10.3. The number of ketones is 1. The van der Waals surface area contributed by atoms with E-state index < -0.39 is 0 Å². The molecule has 10 nitrogen and oxygen atoms in total. The highest BCUT2D eigenvalue weighted by molar-refractivity contribution is 5.99. The number of phenolic OH excluding ortho intramolecular Hbond substituents is 1. The van der Waals surface area contributed by atoms with Crippen molar-refractivity contribution in [3.63, 3.8) is 0 Å². The average molecular weight is 841 g/mol. The molecule has 61 heavy (non-hydrogen) atoms. The maximum atomic E-state index is 12.0. The standard InChI is InChI=1S/C30H51N3O2.C12H16N2O.C7H11NO.C2H2/c1-6-21-33(22-7-2)23-20-32-30(35)16-14-12-10-8-9-11-13-15-19-31-27-17-18-28(25(3)4)29(24-27)26(5)34;1-9(12(13)14-2)7-8-10-5-3-4-6-11(10)15;1-5-3-4-7(9)8-6(5)2;1-2/h17-18,24,31H,3,6-16,19-23H2,1-2,4-5H3,(H,32,35);3-7,15H,8H2,1-2H3,(H2,13,14);5H,2-4H2,1H3,(H,8,9);1-2H/b;9-7-;;. The lowest BCUT2D eigenvalue weighted by atomic mass is 9.98. The molecule has 10 heteroatoms. The highest BCUT2D eigenvalue weighted by Gasteiger charge is 2.16. The van der Waals surface area contributed by atoms with E-state index in [4.69, 9.17) is 5.73 Å². The van der Waals surface area contributed by atoms with Crippen molar-refractivity contribution < 1.29 is 19.5 Å². The van der Waals surface area contributed by atoms with Gasteiger partial charge in [0.15, 0.2) is 5.78 Å². The number of unbranched alkanes of at least 4 members (excludes halogenated alkanes) is 7. The number of amides is 2. The van der Waals surface area contributed by atoms with Crippen LogP contribution in [0, 0.1) is 18.8 Å². The van der Waals surface area contributed by atoms with Crippen LogP contribution in [0.5, 0.6) is 5.75 Å². The summed E-state index contributed by atoms with van der Waals surface area (Å²) in [6.45, 7) is 24.5. The van der Waals surface area contributed by atoms with Crippen LogP contribution < -0.4 is 21.7 Å². The molecule has 2 aromatic carbocycles. The number of nitrogens with two attached hydrogens (primary N) is 1. The number of rotatable bonds is 24. The van der Waals surface area contributed by atoms with Gasteiger partial charge in [-0.05, 0) is 113 Å². The number of carbonyl (C=O) groups excluding carboxylic acids is 3. The molecule has 0 saturated carbocycles. The largest absolute Gasteiger partial charge is 0.508 e. The lowest BCUT2D eigenvalue weighted by molar-refractivity contribution is -0.122. The maximum absolute atomic E-state index is 12.0. The molecule has 0 aliphatic carbocycles. The fourth-order valence-electron chi connectivity index (χ4n) is 6.55. The van der Waals surface area contributed by atoms with Crippen molar-refractivity contribution in [2.75, 3.05) is 45.1 Å². The fraction of sp³-hybridized carbons (Fsp3) is 0.529. The van der Waals surface area contributed by atoms with Gasteiger partial charge in [-0.1, -0.05) is 108 Å². The van der Waals surface area contributed by atoms with Crippen LogP contribution in [0.3, 0.4) is 0 Å². The highest BCUT2D eigenvalue weighted by atomic mass is 16.3. The minimum Gasteiger partial charge on any atom is -0.508 e. The van der Waals surface area contributed by atoms with Crippen molar-refractivity contribution in [2.45, 2.75) is 131 Å². The molecule has 6 N–H and O–H groups in total. The summed E-state index contributed by atoms with van der Waals surface area (Å²) in [5.41, 5.74) is 11.9. The van der Waals surface area contributed by atoms with Gasteiger partial charge < -0.3 is 31.7 Å². The Labute approximate surface area is 370 Å². The van der Waals surface area contributed by atoms with Crippen LogP contribution in [-0.2, 0) is 16.0 Å². The van der Waals surface area contributed by atoms with E-state index in [0.717, 1.165) is 97.6 Å². The van der Waals surface area contributed by atoms with Gasteiger partial charge in [0.25, 0.3) is 0 Å². The highest BCUT2D eigenvalue weighted by Crippen LogP contribution is 2.23. The summed E-state index contributed by atoms with van der Waals surface area (Å²) in [5.74, 6) is 1.70. The molecule has 1 fully saturated rings. The minimum atomic E-state index is 0.0773. The van der Waals surface area contributed by atoms with Gasteiger partial charge in [0.05, 0.1) is 0 Å². The first-order valence-electron chi connectivity index (χ1n) is 22.3. The third-order valence-corrected chi connectivity index (χ3v) is 10.3. The number of nitrogens with one attached hydrogen (secondary N) is 3. The summed E-state index contributed by atoms with van der Waals surface area (Å²) in [4.78, 5) is 40.9. The Balaban J connectivity index is 0.00000112. The number of benzene rings is 2. The molecule has 1 atom stereocenters. The van der Waals surface area contributed by atoms with E-state index in [-0.39, 0.29) is 17.6 Å². The molecule has 0 spiro atoms. The summed E-state index contributed by atoms with van der Waals surface area (Å²) in [7, 11) is 1.66. The molecule has 1 aliphatic heterocycles. The van der Waals surface area contributed by atoms with E-state index in [9.17, 15) is 19.5 Å². The van der Waals surface area contributed by atoms with E-state index in [0.29, 0.717) is 36.8 Å². The first-order valence-corrected chi connectivity index (χ1v) is 22.3. The van der Waals surface area contributed by atoms with Gasteiger partial charge in [-0.2, -0.15) is 0 Å². The first-order chi connectivity index (χ1) is 29.2. The van der Waals surface area contributed by atoms with Crippen molar-refractivity contribution in [2.24, 2.45) is 16.6 Å². The van der Waals surface area contributed by atoms with Crippen LogP contribution in [0.1, 0.15) is 146 Å². The lowest BCUT2D eigenvalue weighted by Crippen LogP contribution is -2.35. The molecule has 3 rings (SSSR count). The molecule has 0 bridgehead atoms. The van der Waals surface area contributed by atoms with Crippen molar-refractivity contribution in [3.05, 3.63) is 89.7 Å². The number of phenols is 1. The van der Waals surface area contributed by atoms with Gasteiger partial charge in [0, 0.05) is 56.5 Å². The number of para-hydroxylation sites is 1. The molecule has 338 valence electrons. The number of hydrogen-bond donors (Lipinski definition) is 5. The quantitative estimate of drug-likeness (QED) is 0.0232. The van der Waals surface area contributed by atoms with Crippen LogP contribution >= 0.6 is 0 Å². The molecule has 1 heterocycles. The Morgan fingerprint density at radius 2 is 1.54 bits per heavy atom. The number of nitrogens with zero attached hydrogens (tertiary/aromatic N) is 2. The molecular weight excluding hydrogens is 761 g/mol. The van der Waals surface area contributed by atoms with E-state index in [1.54, 1.807) is 26.1 Å². The number of aromatic hydroxyl groups is 1. The average Bonchev–Trinajstić information content (AvgIpc) is 3.24. The third kappa shape index (κ3) is 25.9. The number of hydrogen-bond acceptors (Lipinski definition) is 7. The number of amidine groups is 1. The molecule has 2 amide bonds. The van der Waals surface area contributed by atoms with Gasteiger partial charge >= 0.3 is 0 Å². The minimum absolute atomic E-state index is 0.0773. The van der Waals surface area contributed by atoms with Crippen molar-refractivity contribution in [3.8, 4) is 18.6 Å². The van der Waals surface area contributed by atoms with Crippen molar-refractivity contribution in [1.29, 1.82) is 0 Å². The van der Waals surface area contributed by atoms with E-state index >= 15 is 0 Å². The Hall–Kier alpha value is -5.14. The predicted octanol–water partition coefficient (Wildman–Crippen LogP) is 10.2. The van der Waals surface area contributed by atoms with Crippen LogP contribution in [0.25, 0.3) is 5.57 Å². The summed E-state index contributed by atoms with van der Waals surface area (Å²) in [6, 6.07) is 13.2. The zero-order chi connectivity index (χ0) is 46.0. The summed E-state index contributed by atoms with van der Waals surface area (Å²) < 4.78 is 0. The van der Waals surface area contributed by atoms with Gasteiger partial charge in [-0.15, -0.1) is 12.8 Å². The second-order valence-electron chi connectivity index (χ2n) is 15.6. The maximum Gasteiger partial charge on any atom is 0.224 e. The van der Waals surface area contributed by atoms with Crippen molar-refractivity contribution in [1.82, 2.24) is 15.5 Å². The smallest absolute Gasteiger partial charge is 0.224 e. The number of piperidine rings is 1. The topological polar surface area (TPSA) is 149 Å². The number of Topliss-reactive ketones (excluding diaryl/α,β-unsaturated/α-hetero) is 1. The van der Waals surface area contributed by atoms with Crippen LogP contribution in [0.15, 0.2) is 78.0 Å². The van der Waals surface area contributed by atoms with Gasteiger partial charge in [-0.3, -0.25) is 19.4 Å². The molecule has 1 saturated heterocycles. The second kappa shape index (κ2) is 34.6. The van der Waals surface area contributed by atoms with Crippen LogP contribution in [0.2, 0.25) is 0 Å². The van der Waals surface area contributed by atoms with Gasteiger partial charge in [0.2, 0.25) is 11.8 Å². The Morgan fingerprint density at radius 1 is 0.934 bits per heavy atom. The number of terminal acetylenes is 1. The van der Waals surface area contributed by atoms with E-state index in [1.165, 1.54) is 44.9 Å². The number of allylic oxidation sites excluding steroid dienone is 3. The fourth-order valence-corrected chi connectivity index (χ4v) is 6.55. The predicted molar refractivity (Wildman–Crippen MR) is 260 cm³/mol. The second-order valence-corrected chi connectivity index (χ2v) is 15.6.